The summed E-state index contributed by atoms with van der Waals surface area (Å²) in [5, 5.41) is 9.19. The molecular formula is C11H16N2O2. The van der Waals surface area contributed by atoms with Gasteiger partial charge in [0.1, 0.15) is 0 Å². The van der Waals surface area contributed by atoms with Crippen molar-refractivity contribution in [2.75, 3.05) is 11.9 Å². The van der Waals surface area contributed by atoms with Gasteiger partial charge in [-0.1, -0.05) is 12.1 Å². The molecule has 0 aliphatic heterocycles. The maximum absolute atomic E-state index is 10.9. The minimum absolute atomic E-state index is 0.357. The van der Waals surface area contributed by atoms with Gasteiger partial charge in [0.15, 0.2) is 0 Å². The SMILES string of the molecule is CC(O)Cc1ccc(N(C)C(N)=O)cc1. The second kappa shape index (κ2) is 4.79. The molecule has 0 heterocycles. The Morgan fingerprint density at radius 3 is 2.40 bits per heavy atom. The average Bonchev–Trinajstić information content (AvgIpc) is 2.17. The van der Waals surface area contributed by atoms with Crippen LogP contribution in [0.2, 0.25) is 0 Å². The predicted octanol–water partition coefficient (Wildman–Crippen LogP) is 1.12. The van der Waals surface area contributed by atoms with Crippen molar-refractivity contribution in [1.82, 2.24) is 0 Å². The van der Waals surface area contributed by atoms with Gasteiger partial charge in [-0.15, -0.1) is 0 Å². The molecule has 0 aromatic heterocycles. The molecule has 2 amide bonds. The fourth-order valence-electron chi connectivity index (χ4n) is 1.32. The molecule has 3 N–H and O–H groups in total. The quantitative estimate of drug-likeness (QED) is 0.781. The summed E-state index contributed by atoms with van der Waals surface area (Å²) >= 11 is 0. The van der Waals surface area contributed by atoms with Gasteiger partial charge in [-0.3, -0.25) is 4.90 Å². The monoisotopic (exact) mass is 208 g/mol. The fraction of sp³-hybridized carbons (Fsp3) is 0.364. The topological polar surface area (TPSA) is 66.6 Å². The summed E-state index contributed by atoms with van der Waals surface area (Å²) in [6, 6.07) is 6.88. The third-order valence-electron chi connectivity index (χ3n) is 2.19. The molecule has 1 unspecified atom stereocenters. The summed E-state index contributed by atoms with van der Waals surface area (Å²) in [7, 11) is 1.62. The van der Waals surface area contributed by atoms with Crippen LogP contribution in [0, 0.1) is 0 Å². The van der Waals surface area contributed by atoms with Crippen LogP contribution in [0.25, 0.3) is 0 Å². The Morgan fingerprint density at radius 2 is 2.00 bits per heavy atom. The lowest BCUT2D eigenvalue weighted by Crippen LogP contribution is -2.31. The first-order valence-electron chi connectivity index (χ1n) is 4.81. The van der Waals surface area contributed by atoms with Crippen molar-refractivity contribution in [2.45, 2.75) is 19.4 Å². The van der Waals surface area contributed by atoms with E-state index in [4.69, 9.17) is 5.73 Å². The maximum Gasteiger partial charge on any atom is 0.318 e. The lowest BCUT2D eigenvalue weighted by Gasteiger charge is -2.14. The van der Waals surface area contributed by atoms with Crippen molar-refractivity contribution in [3.8, 4) is 0 Å². The Labute approximate surface area is 89.3 Å². The van der Waals surface area contributed by atoms with E-state index in [2.05, 4.69) is 0 Å². The molecule has 0 spiro atoms. The van der Waals surface area contributed by atoms with E-state index in [-0.39, 0.29) is 6.10 Å². The van der Waals surface area contributed by atoms with Gasteiger partial charge in [-0.25, -0.2) is 4.79 Å². The van der Waals surface area contributed by atoms with E-state index in [1.54, 1.807) is 14.0 Å². The zero-order chi connectivity index (χ0) is 11.4. The van der Waals surface area contributed by atoms with Crippen molar-refractivity contribution < 1.29 is 9.90 Å². The molecule has 0 radical (unpaired) electrons. The van der Waals surface area contributed by atoms with Crippen LogP contribution in [-0.4, -0.2) is 24.3 Å². The molecule has 0 fully saturated rings. The van der Waals surface area contributed by atoms with Crippen LogP contribution < -0.4 is 10.6 Å². The number of hydrogen-bond donors (Lipinski definition) is 2. The summed E-state index contributed by atoms with van der Waals surface area (Å²) in [5.41, 5.74) is 6.91. The van der Waals surface area contributed by atoms with Crippen molar-refractivity contribution in [3.05, 3.63) is 29.8 Å². The Hall–Kier alpha value is -1.55. The number of primary amides is 1. The Balaban J connectivity index is 2.76. The number of nitrogens with zero attached hydrogens (tertiary/aromatic N) is 1. The van der Waals surface area contributed by atoms with Gasteiger partial charge in [0, 0.05) is 12.7 Å². The molecule has 82 valence electrons. The fourth-order valence-corrected chi connectivity index (χ4v) is 1.32. The smallest absolute Gasteiger partial charge is 0.318 e. The van der Waals surface area contributed by atoms with Gasteiger partial charge >= 0.3 is 6.03 Å². The van der Waals surface area contributed by atoms with Crippen LogP contribution in [0.15, 0.2) is 24.3 Å². The summed E-state index contributed by atoms with van der Waals surface area (Å²) in [4.78, 5) is 12.2. The number of amides is 2. The molecule has 4 nitrogen and oxygen atoms in total. The second-order valence-electron chi connectivity index (χ2n) is 3.62. The van der Waals surface area contributed by atoms with Crippen LogP contribution in [0.5, 0.6) is 0 Å². The summed E-state index contributed by atoms with van der Waals surface area (Å²) in [5.74, 6) is 0. The largest absolute Gasteiger partial charge is 0.393 e. The first kappa shape index (κ1) is 11.5. The highest BCUT2D eigenvalue weighted by Gasteiger charge is 2.06. The van der Waals surface area contributed by atoms with Gasteiger partial charge in [0.2, 0.25) is 0 Å². The van der Waals surface area contributed by atoms with E-state index in [0.29, 0.717) is 6.42 Å². The van der Waals surface area contributed by atoms with Crippen molar-refractivity contribution in [3.63, 3.8) is 0 Å². The number of aliphatic hydroxyl groups is 1. The predicted molar refractivity (Wildman–Crippen MR) is 59.8 cm³/mol. The Kier molecular flexibility index (Phi) is 3.68. The summed E-state index contributed by atoms with van der Waals surface area (Å²) in [6.07, 6.45) is 0.255. The third kappa shape index (κ3) is 3.25. The van der Waals surface area contributed by atoms with Crippen LogP contribution in [0.4, 0.5) is 10.5 Å². The molecule has 1 aromatic carbocycles. The summed E-state index contributed by atoms with van der Waals surface area (Å²) in [6.45, 7) is 1.74. The molecule has 0 saturated carbocycles. The minimum Gasteiger partial charge on any atom is -0.393 e. The highest BCUT2D eigenvalue weighted by Crippen LogP contribution is 2.14. The number of carbonyl (C=O) groups excluding carboxylic acids is 1. The van der Waals surface area contributed by atoms with Crippen LogP contribution in [0.3, 0.4) is 0 Å². The Morgan fingerprint density at radius 1 is 1.47 bits per heavy atom. The third-order valence-corrected chi connectivity index (χ3v) is 2.19. The number of hydrogen-bond acceptors (Lipinski definition) is 2. The molecule has 1 atom stereocenters. The number of nitrogens with two attached hydrogens (primary N) is 1. The lowest BCUT2D eigenvalue weighted by molar-refractivity contribution is 0.195. The van der Waals surface area contributed by atoms with E-state index in [1.165, 1.54) is 4.90 Å². The molecular weight excluding hydrogens is 192 g/mol. The number of anilines is 1. The molecule has 0 bridgehead atoms. The van der Waals surface area contributed by atoms with E-state index in [9.17, 15) is 9.90 Å². The molecule has 0 aliphatic carbocycles. The maximum atomic E-state index is 10.9. The molecule has 0 aliphatic rings. The standard InChI is InChI=1S/C11H16N2O2/c1-8(14)7-9-3-5-10(6-4-9)13(2)11(12)15/h3-6,8,14H,7H2,1-2H3,(H2,12,15). The van der Waals surface area contributed by atoms with Gasteiger partial charge in [0.05, 0.1) is 6.10 Å². The molecule has 1 aromatic rings. The first-order valence-corrected chi connectivity index (χ1v) is 4.81. The van der Waals surface area contributed by atoms with Crippen molar-refractivity contribution in [1.29, 1.82) is 0 Å². The van der Waals surface area contributed by atoms with E-state index in [1.807, 2.05) is 24.3 Å². The number of carbonyl (C=O) groups is 1. The molecule has 0 saturated heterocycles. The van der Waals surface area contributed by atoms with Gasteiger partial charge < -0.3 is 10.8 Å². The summed E-state index contributed by atoms with van der Waals surface area (Å²) < 4.78 is 0. The van der Waals surface area contributed by atoms with E-state index in [0.717, 1.165) is 11.3 Å². The van der Waals surface area contributed by atoms with Crippen LogP contribution in [0.1, 0.15) is 12.5 Å². The first-order chi connectivity index (χ1) is 7.00. The average molecular weight is 208 g/mol. The molecule has 4 heteroatoms. The van der Waals surface area contributed by atoms with E-state index >= 15 is 0 Å². The molecule has 15 heavy (non-hydrogen) atoms. The highest BCUT2D eigenvalue weighted by atomic mass is 16.3. The zero-order valence-electron chi connectivity index (χ0n) is 8.97. The minimum atomic E-state index is -0.488. The van der Waals surface area contributed by atoms with Gasteiger partial charge in [-0.05, 0) is 31.0 Å². The second-order valence-corrected chi connectivity index (χ2v) is 3.62. The van der Waals surface area contributed by atoms with Gasteiger partial charge in [-0.2, -0.15) is 0 Å². The molecule has 1 rings (SSSR count). The highest BCUT2D eigenvalue weighted by molar-refractivity contribution is 5.89. The van der Waals surface area contributed by atoms with Crippen molar-refractivity contribution in [2.24, 2.45) is 5.73 Å². The van der Waals surface area contributed by atoms with Crippen molar-refractivity contribution >= 4 is 11.7 Å². The number of aliphatic hydroxyl groups excluding tert-OH is 1. The van der Waals surface area contributed by atoms with Gasteiger partial charge in [0.25, 0.3) is 0 Å². The Bertz CT molecular complexity index is 333. The van der Waals surface area contributed by atoms with E-state index < -0.39 is 6.03 Å². The van der Waals surface area contributed by atoms with Crippen LogP contribution >= 0.6 is 0 Å². The number of benzene rings is 1. The zero-order valence-corrected chi connectivity index (χ0v) is 8.97. The lowest BCUT2D eigenvalue weighted by atomic mass is 10.1. The number of rotatable bonds is 3. The normalized spacial score (nSPS) is 12.2. The number of urea groups is 1. The van der Waals surface area contributed by atoms with Crippen LogP contribution in [-0.2, 0) is 6.42 Å².